The molecule has 0 aliphatic rings. The molecule has 2 rings (SSSR count). The fraction of sp³-hybridized carbons (Fsp3) is 0.167. The predicted molar refractivity (Wildman–Crippen MR) is 68.9 cm³/mol. The minimum absolute atomic E-state index is 0.0187. The third-order valence-corrected chi connectivity index (χ3v) is 2.38. The lowest BCUT2D eigenvalue weighted by Gasteiger charge is -2.10. The molecule has 19 heavy (non-hydrogen) atoms. The van der Waals surface area contributed by atoms with Crippen molar-refractivity contribution in [1.29, 1.82) is 0 Å². The number of halogens is 1. The van der Waals surface area contributed by atoms with Crippen molar-refractivity contribution in [2.45, 2.75) is 6.92 Å². The summed E-state index contributed by atoms with van der Waals surface area (Å²) in [6, 6.07) is 5.33. The van der Waals surface area contributed by atoms with Crippen molar-refractivity contribution in [1.82, 2.24) is 10.2 Å². The second-order valence-corrected chi connectivity index (χ2v) is 3.83. The molecule has 0 unspecified atom stereocenters. The van der Waals surface area contributed by atoms with Crippen molar-refractivity contribution in [3.05, 3.63) is 35.8 Å². The molecule has 0 saturated carbocycles. The number of aromatic nitrogens is 2. The summed E-state index contributed by atoms with van der Waals surface area (Å²) in [5.41, 5.74) is 0.786. The van der Waals surface area contributed by atoms with Crippen LogP contribution in [0.25, 0.3) is 0 Å². The number of benzene rings is 1. The molecule has 0 bridgehead atoms. The lowest BCUT2D eigenvalue weighted by molar-refractivity contribution is 0.262. The number of carbonyl (C=O) groups excluding carboxylic acids is 1. The van der Waals surface area contributed by atoms with Gasteiger partial charge in [-0.15, -0.1) is 0 Å². The molecule has 0 fully saturated rings. The topological polar surface area (TPSA) is 79.0 Å². The Kier molecular flexibility index (Phi) is 3.65. The van der Waals surface area contributed by atoms with Gasteiger partial charge in [0, 0.05) is 11.8 Å². The van der Waals surface area contributed by atoms with E-state index >= 15 is 0 Å². The predicted octanol–water partition coefficient (Wildman–Crippen LogP) is 2.51. The van der Waals surface area contributed by atoms with E-state index in [1.54, 1.807) is 19.1 Å². The van der Waals surface area contributed by atoms with E-state index < -0.39 is 11.8 Å². The number of amides is 2. The highest BCUT2D eigenvalue weighted by Crippen LogP contribution is 2.26. The lowest BCUT2D eigenvalue weighted by atomic mass is 10.3. The molecule has 1 heterocycles. The van der Waals surface area contributed by atoms with Gasteiger partial charge in [0.25, 0.3) is 0 Å². The van der Waals surface area contributed by atoms with Crippen LogP contribution in [0.5, 0.6) is 5.75 Å². The molecule has 7 heteroatoms. The monoisotopic (exact) mass is 264 g/mol. The zero-order chi connectivity index (χ0) is 13.8. The summed E-state index contributed by atoms with van der Waals surface area (Å²) in [6.45, 7) is 1.80. The first-order valence-corrected chi connectivity index (χ1v) is 5.52. The van der Waals surface area contributed by atoms with Gasteiger partial charge in [0.05, 0.1) is 7.11 Å². The Morgan fingerprint density at radius 2 is 2.21 bits per heavy atom. The number of H-pyrrole nitrogens is 1. The van der Waals surface area contributed by atoms with E-state index in [4.69, 9.17) is 4.74 Å². The maximum absolute atomic E-state index is 13.6. The molecule has 0 spiro atoms. The average molecular weight is 264 g/mol. The van der Waals surface area contributed by atoms with Crippen LogP contribution in [-0.4, -0.2) is 23.3 Å². The van der Waals surface area contributed by atoms with Gasteiger partial charge < -0.3 is 10.1 Å². The van der Waals surface area contributed by atoms with Crippen LogP contribution in [-0.2, 0) is 0 Å². The zero-order valence-electron chi connectivity index (χ0n) is 10.5. The van der Waals surface area contributed by atoms with Crippen LogP contribution in [0.15, 0.2) is 24.3 Å². The summed E-state index contributed by atoms with van der Waals surface area (Å²) >= 11 is 0. The molecule has 0 aliphatic heterocycles. The van der Waals surface area contributed by atoms with Crippen LogP contribution in [0.1, 0.15) is 5.69 Å². The maximum atomic E-state index is 13.6. The number of urea groups is 1. The summed E-state index contributed by atoms with van der Waals surface area (Å²) in [5.74, 6) is 0.0198. The van der Waals surface area contributed by atoms with Gasteiger partial charge in [0.15, 0.2) is 11.6 Å². The van der Waals surface area contributed by atoms with Crippen molar-refractivity contribution in [3.8, 4) is 5.75 Å². The molecule has 0 saturated heterocycles. The quantitative estimate of drug-likeness (QED) is 0.797. The van der Waals surface area contributed by atoms with Crippen LogP contribution in [0.3, 0.4) is 0 Å². The Labute approximate surface area is 109 Å². The Balaban J connectivity index is 2.11. The van der Waals surface area contributed by atoms with Crippen LogP contribution in [0.4, 0.5) is 20.7 Å². The van der Waals surface area contributed by atoms with Gasteiger partial charge >= 0.3 is 6.03 Å². The molecule has 0 aliphatic carbocycles. The van der Waals surface area contributed by atoms with E-state index in [1.165, 1.54) is 19.2 Å². The normalized spacial score (nSPS) is 10.1. The van der Waals surface area contributed by atoms with Gasteiger partial charge in [0.1, 0.15) is 11.4 Å². The SMILES string of the molecule is COc1cccc(F)c1NC(=O)Nc1cc(C)[nH]n1. The summed E-state index contributed by atoms with van der Waals surface area (Å²) in [7, 11) is 1.40. The highest BCUT2D eigenvalue weighted by molar-refractivity contribution is 6.00. The molecule has 0 atom stereocenters. The van der Waals surface area contributed by atoms with E-state index in [-0.39, 0.29) is 11.4 Å². The Morgan fingerprint density at radius 1 is 1.42 bits per heavy atom. The molecule has 1 aromatic heterocycles. The number of rotatable bonds is 3. The standard InChI is InChI=1S/C12H13FN4O2/c1-7-6-10(17-16-7)14-12(18)15-11-8(13)4-3-5-9(11)19-2/h3-6H,1-2H3,(H3,14,15,16,17,18). The van der Waals surface area contributed by atoms with E-state index in [0.29, 0.717) is 5.82 Å². The third kappa shape index (κ3) is 3.01. The number of aryl methyl sites for hydroxylation is 1. The number of ether oxygens (including phenoxy) is 1. The van der Waals surface area contributed by atoms with E-state index in [9.17, 15) is 9.18 Å². The maximum Gasteiger partial charge on any atom is 0.325 e. The largest absolute Gasteiger partial charge is 0.494 e. The first kappa shape index (κ1) is 12.9. The zero-order valence-corrected chi connectivity index (χ0v) is 10.5. The average Bonchev–Trinajstić information content (AvgIpc) is 2.77. The minimum Gasteiger partial charge on any atom is -0.494 e. The summed E-state index contributed by atoms with van der Waals surface area (Å²) in [6.07, 6.45) is 0. The van der Waals surface area contributed by atoms with Crippen molar-refractivity contribution in [2.24, 2.45) is 0 Å². The van der Waals surface area contributed by atoms with Gasteiger partial charge in [-0.3, -0.25) is 10.4 Å². The molecule has 2 amide bonds. The molecule has 100 valence electrons. The number of carbonyl (C=O) groups is 1. The number of methoxy groups -OCH3 is 1. The number of nitrogens with one attached hydrogen (secondary N) is 3. The lowest BCUT2D eigenvalue weighted by Crippen LogP contribution is -2.20. The number of anilines is 2. The van der Waals surface area contributed by atoms with Gasteiger partial charge in [-0.2, -0.15) is 5.10 Å². The molecule has 3 N–H and O–H groups in total. The van der Waals surface area contributed by atoms with Gasteiger partial charge in [-0.05, 0) is 19.1 Å². The van der Waals surface area contributed by atoms with Crippen molar-refractivity contribution < 1.29 is 13.9 Å². The molecule has 6 nitrogen and oxygen atoms in total. The Hall–Kier alpha value is -2.57. The van der Waals surface area contributed by atoms with E-state index in [0.717, 1.165) is 5.69 Å². The fourth-order valence-electron chi connectivity index (χ4n) is 1.54. The van der Waals surface area contributed by atoms with E-state index in [2.05, 4.69) is 20.8 Å². The number of nitrogens with zero attached hydrogens (tertiary/aromatic N) is 1. The van der Waals surface area contributed by atoms with Gasteiger partial charge in [0.2, 0.25) is 0 Å². The highest BCUT2D eigenvalue weighted by atomic mass is 19.1. The summed E-state index contributed by atoms with van der Waals surface area (Å²) in [4.78, 5) is 11.7. The van der Waals surface area contributed by atoms with Crippen molar-refractivity contribution in [3.63, 3.8) is 0 Å². The van der Waals surface area contributed by atoms with Crippen LogP contribution >= 0.6 is 0 Å². The molecular formula is C12H13FN4O2. The van der Waals surface area contributed by atoms with E-state index in [1.807, 2.05) is 0 Å². The second kappa shape index (κ2) is 5.38. The minimum atomic E-state index is -0.602. The van der Waals surface area contributed by atoms with Crippen LogP contribution < -0.4 is 15.4 Å². The number of hydrogen-bond acceptors (Lipinski definition) is 3. The number of aromatic amines is 1. The highest BCUT2D eigenvalue weighted by Gasteiger charge is 2.13. The molecule has 1 aromatic carbocycles. The van der Waals surface area contributed by atoms with Crippen LogP contribution in [0.2, 0.25) is 0 Å². The fourth-order valence-corrected chi connectivity index (χ4v) is 1.54. The molecule has 2 aromatic rings. The molecule has 0 radical (unpaired) electrons. The van der Waals surface area contributed by atoms with Crippen LogP contribution in [0, 0.1) is 12.7 Å². The summed E-state index contributed by atoms with van der Waals surface area (Å²) in [5, 5.41) is 11.4. The number of para-hydroxylation sites is 1. The first-order chi connectivity index (χ1) is 9.10. The summed E-state index contributed by atoms with van der Waals surface area (Å²) < 4.78 is 18.6. The van der Waals surface area contributed by atoms with Gasteiger partial charge in [-0.25, -0.2) is 9.18 Å². The first-order valence-electron chi connectivity index (χ1n) is 5.52. The molecular weight excluding hydrogens is 251 g/mol. The Morgan fingerprint density at radius 3 is 2.84 bits per heavy atom. The second-order valence-electron chi connectivity index (χ2n) is 3.83. The third-order valence-electron chi connectivity index (χ3n) is 2.38. The van der Waals surface area contributed by atoms with Crippen molar-refractivity contribution in [2.75, 3.05) is 17.7 Å². The smallest absolute Gasteiger partial charge is 0.325 e. The van der Waals surface area contributed by atoms with Gasteiger partial charge in [-0.1, -0.05) is 6.07 Å². The Bertz CT molecular complexity index is 597. The van der Waals surface area contributed by atoms with Crippen molar-refractivity contribution >= 4 is 17.5 Å². The number of hydrogen-bond donors (Lipinski definition) is 3.